The van der Waals surface area contributed by atoms with Crippen LogP contribution < -0.4 is 10.6 Å². The van der Waals surface area contributed by atoms with Crippen LogP contribution in [0.5, 0.6) is 0 Å². The fraction of sp³-hybridized carbons (Fsp3) is 0.467. The minimum absolute atomic E-state index is 0.0580. The van der Waals surface area contributed by atoms with Gasteiger partial charge in [-0.15, -0.1) is 6.42 Å². The number of rotatable bonds is 6. The van der Waals surface area contributed by atoms with Gasteiger partial charge in [0.1, 0.15) is 11.7 Å². The van der Waals surface area contributed by atoms with E-state index in [1.54, 1.807) is 24.4 Å². The number of aromatic nitrogens is 2. The van der Waals surface area contributed by atoms with Gasteiger partial charge in [-0.1, -0.05) is 25.3 Å². The number of terminal acetylenes is 1. The maximum atomic E-state index is 13.4. The molecule has 212 valence electrons. The maximum Gasteiger partial charge on any atom is 0.264 e. The Morgan fingerprint density at radius 2 is 1.90 bits per heavy atom. The lowest BCUT2D eigenvalue weighted by molar-refractivity contribution is -0.147. The summed E-state index contributed by atoms with van der Waals surface area (Å²) in [6.45, 7) is 3.68. The number of fused-ring (bicyclic) bond motifs is 1. The molecule has 41 heavy (non-hydrogen) atoms. The number of piperidine rings is 2. The predicted octanol–water partition coefficient (Wildman–Crippen LogP) is 2.23. The standard InChI is InChI=1S/C30H32N6O5/c1-3-22-18(17-32-36(22)19-10-14-34(15-11-19)29(41)30(2)12-5-13-30)16-31-21-7-4-6-20-25(21)28(40)35(27(20)39)23-8-9-24(37)33-26(23)38/h1,4,6-7,17,19,23,31H,5,8-16H2,2H3,(H,33,37,38). The predicted molar refractivity (Wildman–Crippen MR) is 147 cm³/mol. The van der Waals surface area contributed by atoms with Crippen LogP contribution in [0.15, 0.2) is 24.4 Å². The van der Waals surface area contributed by atoms with Gasteiger partial charge in [0.25, 0.3) is 11.8 Å². The largest absolute Gasteiger partial charge is 0.380 e. The average Bonchev–Trinajstić information content (AvgIpc) is 3.48. The van der Waals surface area contributed by atoms with Crippen LogP contribution in [0.4, 0.5) is 5.69 Å². The van der Waals surface area contributed by atoms with E-state index in [1.165, 1.54) is 0 Å². The van der Waals surface area contributed by atoms with Crippen LogP contribution in [-0.2, 0) is 20.9 Å². The molecule has 1 aromatic carbocycles. The number of hydrogen-bond donors (Lipinski definition) is 2. The van der Waals surface area contributed by atoms with Crippen LogP contribution in [0.3, 0.4) is 0 Å². The summed E-state index contributed by atoms with van der Waals surface area (Å²) >= 11 is 0. The maximum absolute atomic E-state index is 13.4. The van der Waals surface area contributed by atoms with Crippen LogP contribution in [0.2, 0.25) is 0 Å². The highest BCUT2D eigenvalue weighted by Crippen LogP contribution is 2.42. The number of likely N-dealkylation sites (tertiary alicyclic amines) is 1. The van der Waals surface area contributed by atoms with Crippen molar-refractivity contribution in [2.75, 3.05) is 18.4 Å². The third-order valence-electron chi connectivity index (χ3n) is 9.02. The first kappa shape index (κ1) is 26.7. The molecule has 1 aliphatic carbocycles. The molecule has 0 radical (unpaired) electrons. The minimum atomic E-state index is -1.03. The number of amides is 5. The Bertz CT molecular complexity index is 1510. The SMILES string of the molecule is C#Cc1c(CNc2cccc3c2C(=O)N(C2CCC(=O)NC2=O)C3=O)cnn1C1CCN(C(=O)C2(C)CCC2)CC1. The van der Waals surface area contributed by atoms with Crippen molar-refractivity contribution in [1.29, 1.82) is 0 Å². The first-order valence-corrected chi connectivity index (χ1v) is 14.1. The van der Waals surface area contributed by atoms with Gasteiger partial charge in [0.2, 0.25) is 17.7 Å². The lowest BCUT2D eigenvalue weighted by Crippen LogP contribution is -2.54. The first-order chi connectivity index (χ1) is 19.7. The van der Waals surface area contributed by atoms with Crippen molar-refractivity contribution in [3.63, 3.8) is 0 Å². The van der Waals surface area contributed by atoms with E-state index in [4.69, 9.17) is 6.42 Å². The molecule has 3 aliphatic heterocycles. The van der Waals surface area contributed by atoms with Gasteiger partial charge in [-0.3, -0.25) is 38.9 Å². The van der Waals surface area contributed by atoms with E-state index in [0.29, 0.717) is 24.5 Å². The Kier molecular flexibility index (Phi) is 6.64. The Labute approximate surface area is 237 Å². The molecule has 1 aromatic heterocycles. The van der Waals surface area contributed by atoms with Crippen LogP contribution in [0.25, 0.3) is 0 Å². The molecule has 2 N–H and O–H groups in total. The van der Waals surface area contributed by atoms with Crippen molar-refractivity contribution in [2.24, 2.45) is 5.41 Å². The Morgan fingerprint density at radius 1 is 1.15 bits per heavy atom. The van der Waals surface area contributed by atoms with Crippen molar-refractivity contribution < 1.29 is 24.0 Å². The topological polar surface area (TPSA) is 134 Å². The third-order valence-corrected chi connectivity index (χ3v) is 9.02. The molecule has 11 nitrogen and oxygen atoms in total. The van der Waals surface area contributed by atoms with Gasteiger partial charge >= 0.3 is 0 Å². The second-order valence-corrected chi connectivity index (χ2v) is 11.6. The van der Waals surface area contributed by atoms with Crippen LogP contribution in [-0.4, -0.2) is 68.2 Å². The third kappa shape index (κ3) is 4.47. The van der Waals surface area contributed by atoms with Crippen molar-refractivity contribution >= 4 is 35.2 Å². The molecule has 2 aromatic rings. The van der Waals surface area contributed by atoms with E-state index < -0.39 is 29.7 Å². The minimum Gasteiger partial charge on any atom is -0.380 e. The molecule has 2 saturated heterocycles. The van der Waals surface area contributed by atoms with E-state index in [2.05, 4.69) is 28.6 Å². The number of benzene rings is 1. The molecule has 0 bridgehead atoms. The van der Waals surface area contributed by atoms with E-state index in [1.807, 2.05) is 9.58 Å². The second kappa shape index (κ2) is 10.2. The van der Waals surface area contributed by atoms with E-state index in [9.17, 15) is 24.0 Å². The monoisotopic (exact) mass is 556 g/mol. The molecule has 1 saturated carbocycles. The molecule has 0 spiro atoms. The van der Waals surface area contributed by atoms with Gasteiger partial charge in [-0.05, 0) is 44.2 Å². The highest BCUT2D eigenvalue weighted by molar-refractivity contribution is 6.25. The molecular weight excluding hydrogens is 524 g/mol. The van der Waals surface area contributed by atoms with Gasteiger partial charge in [-0.2, -0.15) is 5.10 Å². The normalized spacial score (nSPS) is 22.2. The molecule has 1 unspecified atom stereocenters. The molecule has 1 atom stereocenters. The van der Waals surface area contributed by atoms with Crippen molar-refractivity contribution in [2.45, 2.75) is 70.5 Å². The smallest absolute Gasteiger partial charge is 0.264 e. The zero-order valence-corrected chi connectivity index (χ0v) is 22.9. The lowest BCUT2D eigenvalue weighted by Gasteiger charge is -2.43. The summed E-state index contributed by atoms with van der Waals surface area (Å²) in [5, 5.41) is 10.0. The van der Waals surface area contributed by atoms with Crippen LogP contribution in [0.1, 0.15) is 89.9 Å². The quantitative estimate of drug-likeness (QED) is 0.412. The van der Waals surface area contributed by atoms with Crippen molar-refractivity contribution in [3.05, 3.63) is 46.8 Å². The van der Waals surface area contributed by atoms with E-state index in [-0.39, 0.29) is 47.9 Å². The number of carbonyl (C=O) groups excluding carboxylic acids is 5. The summed E-state index contributed by atoms with van der Waals surface area (Å²) < 4.78 is 1.86. The Balaban J connectivity index is 1.15. The average molecular weight is 557 g/mol. The van der Waals surface area contributed by atoms with Gasteiger partial charge in [0, 0.05) is 42.7 Å². The number of nitrogens with one attached hydrogen (secondary N) is 2. The molecule has 6 rings (SSSR count). The summed E-state index contributed by atoms with van der Waals surface area (Å²) in [5.41, 5.74) is 2.04. The highest BCUT2D eigenvalue weighted by atomic mass is 16.2. The Hall–Kier alpha value is -4.46. The fourth-order valence-corrected chi connectivity index (χ4v) is 6.43. The zero-order chi connectivity index (χ0) is 28.9. The number of anilines is 1. The van der Waals surface area contributed by atoms with Crippen molar-refractivity contribution in [3.8, 4) is 12.3 Å². The molecular formula is C30H32N6O5. The van der Waals surface area contributed by atoms with Crippen LogP contribution in [0, 0.1) is 17.8 Å². The second-order valence-electron chi connectivity index (χ2n) is 11.6. The lowest BCUT2D eigenvalue weighted by atomic mass is 9.69. The van der Waals surface area contributed by atoms with E-state index >= 15 is 0 Å². The fourth-order valence-electron chi connectivity index (χ4n) is 6.43. The Morgan fingerprint density at radius 3 is 2.56 bits per heavy atom. The van der Waals surface area contributed by atoms with Gasteiger partial charge < -0.3 is 10.2 Å². The summed E-state index contributed by atoms with van der Waals surface area (Å²) in [4.78, 5) is 66.3. The first-order valence-electron chi connectivity index (χ1n) is 14.1. The number of nitrogens with zero attached hydrogens (tertiary/aromatic N) is 4. The molecule has 11 heteroatoms. The molecule has 3 fully saturated rings. The van der Waals surface area contributed by atoms with Gasteiger partial charge in [-0.25, -0.2) is 0 Å². The summed E-state index contributed by atoms with van der Waals surface area (Å²) in [5.74, 6) is 0.810. The number of carbonyl (C=O) groups is 5. The molecule has 4 heterocycles. The van der Waals surface area contributed by atoms with Crippen LogP contribution >= 0.6 is 0 Å². The van der Waals surface area contributed by atoms with Gasteiger partial charge in [0.05, 0.1) is 23.4 Å². The zero-order valence-electron chi connectivity index (χ0n) is 22.9. The molecule has 4 aliphatic rings. The summed E-state index contributed by atoms with van der Waals surface area (Å²) in [6.07, 6.45) is 12.3. The van der Waals surface area contributed by atoms with Gasteiger partial charge in [0.15, 0.2) is 0 Å². The van der Waals surface area contributed by atoms with Crippen molar-refractivity contribution in [1.82, 2.24) is 24.9 Å². The number of imide groups is 2. The number of hydrogen-bond acceptors (Lipinski definition) is 7. The van der Waals surface area contributed by atoms with E-state index in [0.717, 1.165) is 42.6 Å². The summed E-state index contributed by atoms with van der Waals surface area (Å²) in [6, 6.07) is 3.98. The highest BCUT2D eigenvalue weighted by Gasteiger charge is 2.46. The molecule has 5 amide bonds. The summed E-state index contributed by atoms with van der Waals surface area (Å²) in [7, 11) is 0.